The van der Waals surface area contributed by atoms with Crippen LogP contribution in [0.25, 0.3) is 0 Å². The topological polar surface area (TPSA) is 58.4 Å². The van der Waals surface area contributed by atoms with Crippen LogP contribution in [0.1, 0.15) is 37.7 Å². The Labute approximate surface area is 120 Å². The maximum absolute atomic E-state index is 12.2. The molecule has 108 valence electrons. The van der Waals surface area contributed by atoms with Crippen molar-refractivity contribution in [2.45, 2.75) is 44.6 Å². The Balaban J connectivity index is 1.59. The molecule has 1 aromatic carbocycles. The molecule has 0 saturated heterocycles. The standard InChI is InChI=1S/C16H23N3O/c17-13-7-6-12-8-9-19(15(12)10-13)11-16(20)18-14-4-2-1-3-5-14/h6-7,10,14H,1-5,8-9,11,17H2,(H,18,20). The van der Waals surface area contributed by atoms with Gasteiger partial charge in [0.05, 0.1) is 6.54 Å². The van der Waals surface area contributed by atoms with Crippen LogP contribution in [0.5, 0.6) is 0 Å². The van der Waals surface area contributed by atoms with Crippen LogP contribution in [0.3, 0.4) is 0 Å². The van der Waals surface area contributed by atoms with Gasteiger partial charge in [0.15, 0.2) is 0 Å². The van der Waals surface area contributed by atoms with Gasteiger partial charge in [0.25, 0.3) is 0 Å². The van der Waals surface area contributed by atoms with Gasteiger partial charge in [0.1, 0.15) is 0 Å². The maximum atomic E-state index is 12.2. The van der Waals surface area contributed by atoms with Gasteiger partial charge in [0.2, 0.25) is 5.91 Å². The molecule has 1 aliphatic heterocycles. The number of fused-ring (bicyclic) bond motifs is 1. The summed E-state index contributed by atoms with van der Waals surface area (Å²) in [7, 11) is 0. The zero-order chi connectivity index (χ0) is 13.9. The lowest BCUT2D eigenvalue weighted by Gasteiger charge is -2.25. The van der Waals surface area contributed by atoms with E-state index in [0.29, 0.717) is 12.6 Å². The largest absolute Gasteiger partial charge is 0.399 e. The van der Waals surface area contributed by atoms with Crippen molar-refractivity contribution in [2.75, 3.05) is 23.7 Å². The van der Waals surface area contributed by atoms with Crippen molar-refractivity contribution in [1.29, 1.82) is 0 Å². The fourth-order valence-electron chi connectivity index (χ4n) is 3.32. The van der Waals surface area contributed by atoms with Crippen molar-refractivity contribution < 1.29 is 4.79 Å². The van der Waals surface area contributed by atoms with E-state index in [2.05, 4.69) is 16.3 Å². The highest BCUT2D eigenvalue weighted by Gasteiger charge is 2.22. The summed E-state index contributed by atoms with van der Waals surface area (Å²) >= 11 is 0. The Morgan fingerprint density at radius 3 is 2.90 bits per heavy atom. The smallest absolute Gasteiger partial charge is 0.239 e. The third-order valence-corrected chi connectivity index (χ3v) is 4.41. The van der Waals surface area contributed by atoms with Crippen LogP contribution in [0.4, 0.5) is 11.4 Å². The first-order valence-corrected chi connectivity index (χ1v) is 7.65. The van der Waals surface area contributed by atoms with Crippen molar-refractivity contribution >= 4 is 17.3 Å². The quantitative estimate of drug-likeness (QED) is 0.829. The Morgan fingerprint density at radius 2 is 2.10 bits per heavy atom. The first-order chi connectivity index (χ1) is 9.72. The Hall–Kier alpha value is -1.71. The predicted molar refractivity (Wildman–Crippen MR) is 81.8 cm³/mol. The van der Waals surface area contributed by atoms with Gasteiger partial charge < -0.3 is 16.0 Å². The normalized spacial score (nSPS) is 18.9. The van der Waals surface area contributed by atoms with Gasteiger partial charge in [-0.15, -0.1) is 0 Å². The SMILES string of the molecule is Nc1ccc2c(c1)N(CC(=O)NC1CCCCC1)CC2. The number of nitrogens with zero attached hydrogens (tertiary/aromatic N) is 1. The van der Waals surface area contributed by atoms with Crippen LogP contribution < -0.4 is 16.0 Å². The Morgan fingerprint density at radius 1 is 1.30 bits per heavy atom. The number of benzene rings is 1. The zero-order valence-corrected chi connectivity index (χ0v) is 11.9. The highest BCUT2D eigenvalue weighted by molar-refractivity contribution is 5.83. The van der Waals surface area contributed by atoms with E-state index < -0.39 is 0 Å². The fourth-order valence-corrected chi connectivity index (χ4v) is 3.32. The molecule has 1 aromatic rings. The molecule has 0 aromatic heterocycles. The molecule has 3 N–H and O–H groups in total. The molecule has 0 unspecified atom stereocenters. The number of rotatable bonds is 3. The van der Waals surface area contributed by atoms with E-state index in [0.717, 1.165) is 37.2 Å². The minimum atomic E-state index is 0.146. The van der Waals surface area contributed by atoms with Gasteiger partial charge in [-0.25, -0.2) is 0 Å². The van der Waals surface area contributed by atoms with Gasteiger partial charge in [-0.3, -0.25) is 4.79 Å². The lowest BCUT2D eigenvalue weighted by atomic mass is 9.95. The van der Waals surface area contributed by atoms with Gasteiger partial charge in [-0.2, -0.15) is 0 Å². The first kappa shape index (κ1) is 13.3. The summed E-state index contributed by atoms with van der Waals surface area (Å²) in [5.74, 6) is 0.146. The number of carbonyl (C=O) groups is 1. The molecule has 1 amide bonds. The summed E-state index contributed by atoms with van der Waals surface area (Å²) < 4.78 is 0. The van der Waals surface area contributed by atoms with Gasteiger partial charge in [0, 0.05) is 24.0 Å². The average molecular weight is 273 g/mol. The summed E-state index contributed by atoms with van der Waals surface area (Å²) in [6, 6.07) is 6.38. The second-order valence-corrected chi connectivity index (χ2v) is 5.96. The molecule has 0 spiro atoms. The summed E-state index contributed by atoms with van der Waals surface area (Å²) in [4.78, 5) is 14.3. The Bertz CT molecular complexity index is 494. The summed E-state index contributed by atoms with van der Waals surface area (Å²) in [6.45, 7) is 1.36. The molecule has 1 heterocycles. The number of hydrogen-bond acceptors (Lipinski definition) is 3. The van der Waals surface area contributed by atoms with Gasteiger partial charge >= 0.3 is 0 Å². The minimum Gasteiger partial charge on any atom is -0.399 e. The van der Waals surface area contributed by atoms with Crippen molar-refractivity contribution in [3.8, 4) is 0 Å². The molecule has 20 heavy (non-hydrogen) atoms. The molecular formula is C16H23N3O. The molecule has 2 aliphatic rings. The lowest BCUT2D eigenvalue weighted by molar-refractivity contribution is -0.120. The summed E-state index contributed by atoms with van der Waals surface area (Å²) in [5.41, 5.74) is 9.04. The number of anilines is 2. The van der Waals surface area contributed by atoms with E-state index >= 15 is 0 Å². The van der Waals surface area contributed by atoms with E-state index in [1.165, 1.54) is 24.8 Å². The monoisotopic (exact) mass is 273 g/mol. The number of nitrogens with one attached hydrogen (secondary N) is 1. The van der Waals surface area contributed by atoms with E-state index in [-0.39, 0.29) is 5.91 Å². The van der Waals surface area contributed by atoms with Crippen LogP contribution in [-0.2, 0) is 11.2 Å². The number of nitrogens with two attached hydrogens (primary N) is 1. The van der Waals surface area contributed by atoms with Crippen LogP contribution in [0, 0.1) is 0 Å². The maximum Gasteiger partial charge on any atom is 0.239 e. The van der Waals surface area contributed by atoms with E-state index in [1.54, 1.807) is 0 Å². The average Bonchev–Trinajstić information content (AvgIpc) is 2.82. The lowest BCUT2D eigenvalue weighted by Crippen LogP contribution is -2.42. The van der Waals surface area contributed by atoms with Crippen LogP contribution in [0.2, 0.25) is 0 Å². The van der Waals surface area contributed by atoms with E-state index in [1.807, 2.05) is 12.1 Å². The van der Waals surface area contributed by atoms with Crippen molar-refractivity contribution in [2.24, 2.45) is 0 Å². The van der Waals surface area contributed by atoms with Crippen LogP contribution in [-0.4, -0.2) is 25.0 Å². The molecule has 0 atom stereocenters. The highest BCUT2D eigenvalue weighted by atomic mass is 16.2. The minimum absolute atomic E-state index is 0.146. The summed E-state index contributed by atoms with van der Waals surface area (Å²) in [5, 5.41) is 3.18. The highest BCUT2D eigenvalue weighted by Crippen LogP contribution is 2.29. The first-order valence-electron chi connectivity index (χ1n) is 7.65. The Kier molecular flexibility index (Phi) is 3.81. The second-order valence-electron chi connectivity index (χ2n) is 5.96. The summed E-state index contributed by atoms with van der Waals surface area (Å²) in [6.07, 6.45) is 7.07. The predicted octanol–water partition coefficient (Wildman–Crippen LogP) is 2.08. The van der Waals surface area contributed by atoms with E-state index in [4.69, 9.17) is 5.73 Å². The fraction of sp³-hybridized carbons (Fsp3) is 0.562. The van der Waals surface area contributed by atoms with Crippen LogP contribution in [0.15, 0.2) is 18.2 Å². The molecule has 0 radical (unpaired) electrons. The van der Waals surface area contributed by atoms with Gasteiger partial charge in [-0.1, -0.05) is 25.3 Å². The molecule has 1 aliphatic carbocycles. The van der Waals surface area contributed by atoms with Gasteiger partial charge in [-0.05, 0) is 37.0 Å². The molecule has 1 fully saturated rings. The van der Waals surface area contributed by atoms with Crippen LogP contribution >= 0.6 is 0 Å². The zero-order valence-electron chi connectivity index (χ0n) is 11.9. The third-order valence-electron chi connectivity index (χ3n) is 4.41. The molecule has 4 nitrogen and oxygen atoms in total. The number of nitrogen functional groups attached to an aromatic ring is 1. The number of hydrogen-bond donors (Lipinski definition) is 2. The number of amides is 1. The molecule has 0 bridgehead atoms. The van der Waals surface area contributed by atoms with E-state index in [9.17, 15) is 4.79 Å². The molecule has 1 saturated carbocycles. The molecule has 3 rings (SSSR count). The third kappa shape index (κ3) is 2.89. The van der Waals surface area contributed by atoms with Crippen molar-refractivity contribution in [3.63, 3.8) is 0 Å². The molecule has 4 heteroatoms. The van der Waals surface area contributed by atoms with Crippen molar-refractivity contribution in [1.82, 2.24) is 5.32 Å². The second kappa shape index (κ2) is 5.73. The number of carbonyl (C=O) groups excluding carboxylic acids is 1. The molecular weight excluding hydrogens is 250 g/mol. The van der Waals surface area contributed by atoms with Crippen molar-refractivity contribution in [3.05, 3.63) is 23.8 Å².